The predicted octanol–water partition coefficient (Wildman–Crippen LogP) is 3.77. The zero-order valence-corrected chi connectivity index (χ0v) is 20.9. The summed E-state index contributed by atoms with van der Waals surface area (Å²) in [5, 5.41) is 0.700. The van der Waals surface area contributed by atoms with Gasteiger partial charge in [-0.2, -0.15) is 4.98 Å². The van der Waals surface area contributed by atoms with Crippen LogP contribution in [0.3, 0.4) is 0 Å². The molecule has 5 rings (SSSR count). The van der Waals surface area contributed by atoms with Crippen molar-refractivity contribution in [3.8, 4) is 17.2 Å². The van der Waals surface area contributed by atoms with Crippen LogP contribution >= 0.6 is 0 Å². The number of ether oxygens (including phenoxy) is 3. The third-order valence-electron chi connectivity index (χ3n) is 6.42. The summed E-state index contributed by atoms with van der Waals surface area (Å²) >= 11 is 0. The van der Waals surface area contributed by atoms with Crippen molar-refractivity contribution in [3.63, 3.8) is 0 Å². The van der Waals surface area contributed by atoms with Gasteiger partial charge in [0.1, 0.15) is 18.2 Å². The fourth-order valence-electron chi connectivity index (χ4n) is 4.33. The van der Waals surface area contributed by atoms with E-state index in [4.69, 9.17) is 24.9 Å². The van der Waals surface area contributed by atoms with E-state index in [9.17, 15) is 4.79 Å². The van der Waals surface area contributed by atoms with Gasteiger partial charge in [-0.05, 0) is 35.9 Å². The molecule has 0 atom stereocenters. The fourth-order valence-corrected chi connectivity index (χ4v) is 4.33. The summed E-state index contributed by atoms with van der Waals surface area (Å²) < 4.78 is 16.6. The summed E-state index contributed by atoms with van der Waals surface area (Å²) in [6.07, 6.45) is 0. The van der Waals surface area contributed by atoms with Crippen molar-refractivity contribution in [2.24, 2.45) is 0 Å². The maximum absolute atomic E-state index is 13.1. The Morgan fingerprint density at radius 3 is 2.24 bits per heavy atom. The Kier molecular flexibility index (Phi) is 6.93. The number of hydrogen-bond donors (Lipinski definition) is 1. The average molecular weight is 500 g/mol. The van der Waals surface area contributed by atoms with E-state index in [1.807, 2.05) is 64.4 Å². The van der Waals surface area contributed by atoms with Crippen molar-refractivity contribution in [3.05, 3.63) is 77.9 Å². The third kappa shape index (κ3) is 5.20. The van der Waals surface area contributed by atoms with E-state index in [2.05, 4.69) is 4.98 Å². The van der Waals surface area contributed by atoms with Gasteiger partial charge in [-0.25, -0.2) is 4.98 Å². The quantitative estimate of drug-likeness (QED) is 0.410. The molecule has 1 amide bonds. The molecule has 0 unspecified atom stereocenters. The number of amides is 1. The lowest BCUT2D eigenvalue weighted by Gasteiger charge is -2.35. The van der Waals surface area contributed by atoms with Crippen LogP contribution in [0.2, 0.25) is 0 Å². The molecule has 1 aliphatic rings. The highest BCUT2D eigenvalue weighted by atomic mass is 16.5. The van der Waals surface area contributed by atoms with Gasteiger partial charge in [-0.3, -0.25) is 4.79 Å². The minimum atomic E-state index is -0.00923. The number of carbonyl (C=O) groups is 1. The Morgan fingerprint density at radius 1 is 0.892 bits per heavy atom. The van der Waals surface area contributed by atoms with E-state index in [1.54, 1.807) is 26.4 Å². The highest BCUT2D eigenvalue weighted by Gasteiger charge is 2.24. The number of aromatic nitrogens is 2. The van der Waals surface area contributed by atoms with Crippen molar-refractivity contribution in [2.75, 3.05) is 51.0 Å². The van der Waals surface area contributed by atoms with E-state index >= 15 is 0 Å². The summed E-state index contributed by atoms with van der Waals surface area (Å²) in [4.78, 5) is 26.2. The molecule has 9 nitrogen and oxygen atoms in total. The number of rotatable bonds is 7. The minimum Gasteiger partial charge on any atom is -0.493 e. The van der Waals surface area contributed by atoms with Crippen molar-refractivity contribution in [1.82, 2.24) is 14.9 Å². The number of benzene rings is 3. The molecule has 1 aliphatic heterocycles. The first kappa shape index (κ1) is 24.2. The SMILES string of the molecule is COc1cc2nc(N3CCN(C(=O)c4ccc(OCc5ccccc5)cc4)CC3)nc(N)c2cc1OC. The number of carbonyl (C=O) groups excluding carboxylic acids is 1. The van der Waals surface area contributed by atoms with Crippen molar-refractivity contribution >= 4 is 28.6 Å². The van der Waals surface area contributed by atoms with Crippen LogP contribution in [0.4, 0.5) is 11.8 Å². The van der Waals surface area contributed by atoms with Crippen molar-refractivity contribution < 1.29 is 19.0 Å². The highest BCUT2D eigenvalue weighted by Crippen LogP contribution is 2.34. The second-order valence-corrected chi connectivity index (χ2v) is 8.71. The number of anilines is 2. The van der Waals surface area contributed by atoms with Gasteiger partial charge in [0.05, 0.1) is 19.7 Å². The Hall–Kier alpha value is -4.53. The molecule has 1 aromatic heterocycles. The first-order valence-corrected chi connectivity index (χ1v) is 12.1. The molecular weight excluding hydrogens is 470 g/mol. The first-order valence-electron chi connectivity index (χ1n) is 12.1. The number of nitrogen functional groups attached to an aromatic ring is 1. The number of nitrogens with two attached hydrogens (primary N) is 1. The summed E-state index contributed by atoms with van der Waals surface area (Å²) in [5.74, 6) is 2.76. The lowest BCUT2D eigenvalue weighted by atomic mass is 10.1. The second-order valence-electron chi connectivity index (χ2n) is 8.71. The number of fused-ring (bicyclic) bond motifs is 1. The Bertz CT molecular complexity index is 1390. The normalized spacial score (nSPS) is 13.5. The lowest BCUT2D eigenvalue weighted by Crippen LogP contribution is -2.49. The molecule has 0 aliphatic carbocycles. The molecule has 0 radical (unpaired) electrons. The zero-order chi connectivity index (χ0) is 25.8. The Balaban J connectivity index is 1.22. The van der Waals surface area contributed by atoms with Crippen LogP contribution in [-0.2, 0) is 6.61 Å². The van der Waals surface area contributed by atoms with E-state index in [0.29, 0.717) is 72.5 Å². The van der Waals surface area contributed by atoms with Crippen LogP contribution < -0.4 is 24.8 Å². The van der Waals surface area contributed by atoms with E-state index in [0.717, 1.165) is 11.3 Å². The summed E-state index contributed by atoms with van der Waals surface area (Å²) in [7, 11) is 3.15. The smallest absolute Gasteiger partial charge is 0.253 e. The maximum atomic E-state index is 13.1. The standard InChI is InChI=1S/C28H29N5O4/c1-35-24-16-22-23(17-25(24)36-2)30-28(31-26(22)29)33-14-12-32(13-15-33)27(34)20-8-10-21(11-9-20)37-18-19-6-4-3-5-7-19/h3-11,16-17H,12-15,18H2,1-2H3,(H2,29,30,31). The number of hydrogen-bond acceptors (Lipinski definition) is 8. The molecule has 0 spiro atoms. The van der Waals surface area contributed by atoms with Crippen LogP contribution in [0, 0.1) is 0 Å². The molecule has 190 valence electrons. The van der Waals surface area contributed by atoms with Crippen molar-refractivity contribution in [1.29, 1.82) is 0 Å². The molecule has 2 heterocycles. The molecule has 1 saturated heterocycles. The lowest BCUT2D eigenvalue weighted by molar-refractivity contribution is 0.0746. The molecular formula is C28H29N5O4. The fraction of sp³-hybridized carbons (Fsp3) is 0.250. The van der Waals surface area contributed by atoms with E-state index < -0.39 is 0 Å². The molecule has 4 aromatic rings. The molecule has 0 bridgehead atoms. The number of methoxy groups -OCH3 is 2. The van der Waals surface area contributed by atoms with Gasteiger partial charge in [0.15, 0.2) is 11.5 Å². The minimum absolute atomic E-state index is 0.00923. The van der Waals surface area contributed by atoms with Gasteiger partial charge >= 0.3 is 0 Å². The molecule has 3 aromatic carbocycles. The van der Waals surface area contributed by atoms with Gasteiger partial charge in [-0.15, -0.1) is 0 Å². The summed E-state index contributed by atoms with van der Waals surface area (Å²) in [6, 6.07) is 20.8. The summed E-state index contributed by atoms with van der Waals surface area (Å²) in [5.41, 5.74) is 8.65. The van der Waals surface area contributed by atoms with E-state index in [1.165, 1.54) is 0 Å². The second kappa shape index (κ2) is 10.6. The highest BCUT2D eigenvalue weighted by molar-refractivity contribution is 5.94. The molecule has 37 heavy (non-hydrogen) atoms. The maximum Gasteiger partial charge on any atom is 0.253 e. The zero-order valence-electron chi connectivity index (χ0n) is 20.9. The van der Waals surface area contributed by atoms with Crippen LogP contribution in [0.5, 0.6) is 17.2 Å². The van der Waals surface area contributed by atoms with Gasteiger partial charge < -0.3 is 29.7 Å². The first-order chi connectivity index (χ1) is 18.1. The van der Waals surface area contributed by atoms with Gasteiger partial charge in [0.2, 0.25) is 5.95 Å². The summed E-state index contributed by atoms with van der Waals surface area (Å²) in [6.45, 7) is 2.79. The Morgan fingerprint density at radius 2 is 1.57 bits per heavy atom. The van der Waals surface area contributed by atoms with Gasteiger partial charge in [0.25, 0.3) is 5.91 Å². The van der Waals surface area contributed by atoms with Crippen LogP contribution in [0.1, 0.15) is 15.9 Å². The van der Waals surface area contributed by atoms with Crippen LogP contribution in [0.25, 0.3) is 10.9 Å². The Labute approximate surface area is 215 Å². The number of piperazine rings is 1. The number of nitrogens with zero attached hydrogens (tertiary/aromatic N) is 4. The topological polar surface area (TPSA) is 103 Å². The largest absolute Gasteiger partial charge is 0.493 e. The predicted molar refractivity (Wildman–Crippen MR) is 142 cm³/mol. The average Bonchev–Trinajstić information content (AvgIpc) is 2.96. The monoisotopic (exact) mass is 499 g/mol. The molecule has 2 N–H and O–H groups in total. The van der Waals surface area contributed by atoms with Crippen LogP contribution in [-0.4, -0.2) is 61.2 Å². The molecule has 9 heteroatoms. The van der Waals surface area contributed by atoms with Gasteiger partial charge in [-0.1, -0.05) is 30.3 Å². The molecule has 0 saturated carbocycles. The van der Waals surface area contributed by atoms with Crippen LogP contribution in [0.15, 0.2) is 66.7 Å². The molecule has 1 fully saturated rings. The van der Waals surface area contributed by atoms with Gasteiger partial charge in [0, 0.05) is 43.2 Å². The van der Waals surface area contributed by atoms with Crippen molar-refractivity contribution in [2.45, 2.75) is 6.61 Å². The van der Waals surface area contributed by atoms with E-state index in [-0.39, 0.29) is 5.91 Å². The third-order valence-corrected chi connectivity index (χ3v) is 6.42.